The van der Waals surface area contributed by atoms with Crippen LogP contribution < -0.4 is 4.90 Å². The van der Waals surface area contributed by atoms with Gasteiger partial charge in [0.2, 0.25) is 0 Å². The maximum atomic E-state index is 5.99. The predicted molar refractivity (Wildman–Crippen MR) is 115 cm³/mol. The molecule has 0 N–H and O–H groups in total. The molecule has 2 aliphatic heterocycles. The van der Waals surface area contributed by atoms with Gasteiger partial charge in [0.15, 0.2) is 5.15 Å². The van der Waals surface area contributed by atoms with E-state index in [0.717, 1.165) is 0 Å². The van der Waals surface area contributed by atoms with Gasteiger partial charge in [-0.3, -0.25) is 0 Å². The lowest BCUT2D eigenvalue weighted by atomic mass is 9.90. The first-order valence-corrected chi connectivity index (χ1v) is 10.1. The fourth-order valence-electron chi connectivity index (χ4n) is 3.84. The molecular formula is C22H21Cl2N3. The molecule has 2 aromatic rings. The molecule has 2 aliphatic rings. The monoisotopic (exact) mass is 397 g/mol. The third-order valence-electron chi connectivity index (χ3n) is 4.95. The van der Waals surface area contributed by atoms with E-state index in [4.69, 9.17) is 23.2 Å². The Balaban J connectivity index is 1.45. The first-order valence-electron chi connectivity index (χ1n) is 9.31. The normalized spacial score (nSPS) is 16.6. The third kappa shape index (κ3) is 4.26. The summed E-state index contributed by atoms with van der Waals surface area (Å²) in [4.78, 5) is 10.7. The van der Waals surface area contributed by atoms with Crippen LogP contribution in [0.1, 0.15) is 35.2 Å². The molecule has 27 heavy (non-hydrogen) atoms. The summed E-state index contributed by atoms with van der Waals surface area (Å²) in [5, 5.41) is 0.675. The summed E-state index contributed by atoms with van der Waals surface area (Å²) >= 11 is 11.8. The Morgan fingerprint density at radius 3 is 2.26 bits per heavy atom. The van der Waals surface area contributed by atoms with Crippen LogP contribution in [0.2, 0.25) is 10.3 Å². The fraction of sp³-hybridized carbons (Fsp3) is 0.273. The molecule has 0 amide bonds. The molecule has 0 saturated heterocycles. The molecule has 0 saturated carbocycles. The van der Waals surface area contributed by atoms with Crippen LogP contribution in [0.4, 0.5) is 5.69 Å². The molecule has 1 aromatic carbocycles. The molecule has 0 bridgehead atoms. The van der Waals surface area contributed by atoms with E-state index in [2.05, 4.69) is 39.2 Å². The van der Waals surface area contributed by atoms with Crippen LogP contribution in [-0.2, 0) is 12.8 Å². The van der Waals surface area contributed by atoms with E-state index in [1.807, 2.05) is 18.2 Å². The van der Waals surface area contributed by atoms with E-state index in [0.29, 0.717) is 16.0 Å². The highest BCUT2D eigenvalue weighted by Crippen LogP contribution is 2.36. The molecule has 3 heterocycles. The van der Waals surface area contributed by atoms with Gasteiger partial charge in [-0.2, -0.15) is 0 Å². The topological polar surface area (TPSA) is 29.0 Å². The largest absolute Gasteiger partial charge is 0.371 e. The number of nitrogens with zero attached hydrogens (tertiary/aromatic N) is 3. The van der Waals surface area contributed by atoms with Crippen molar-refractivity contribution in [1.29, 1.82) is 0 Å². The van der Waals surface area contributed by atoms with Gasteiger partial charge < -0.3 is 4.90 Å². The van der Waals surface area contributed by atoms with E-state index >= 15 is 0 Å². The van der Waals surface area contributed by atoms with Crippen molar-refractivity contribution >= 4 is 41.0 Å². The highest BCUT2D eigenvalue weighted by molar-refractivity contribution is 6.32. The Hall–Kier alpha value is -2.10. The van der Waals surface area contributed by atoms with Crippen molar-refractivity contribution in [2.24, 2.45) is 0 Å². The van der Waals surface area contributed by atoms with Crippen LogP contribution in [-0.4, -0.2) is 23.1 Å². The molecule has 4 rings (SSSR count). The Kier molecular flexibility index (Phi) is 5.61. The summed E-state index contributed by atoms with van der Waals surface area (Å²) in [5.41, 5.74) is 6.39. The molecule has 0 spiro atoms. The minimum Gasteiger partial charge on any atom is -0.371 e. The van der Waals surface area contributed by atoms with Crippen molar-refractivity contribution in [2.45, 2.75) is 25.7 Å². The Morgan fingerprint density at radius 2 is 1.56 bits per heavy atom. The number of benzene rings is 1. The summed E-state index contributed by atoms with van der Waals surface area (Å²) < 4.78 is 0. The van der Waals surface area contributed by atoms with Gasteiger partial charge in [-0.05, 0) is 60.6 Å². The number of aryl methyl sites for hydroxylation is 2. The number of hydrogen-bond donors (Lipinski definition) is 0. The number of halogens is 2. The molecule has 3 nitrogen and oxygen atoms in total. The van der Waals surface area contributed by atoms with Crippen molar-refractivity contribution in [1.82, 2.24) is 9.97 Å². The third-order valence-corrected chi connectivity index (χ3v) is 5.43. The van der Waals surface area contributed by atoms with Crippen LogP contribution >= 0.6 is 23.2 Å². The van der Waals surface area contributed by atoms with Crippen molar-refractivity contribution < 1.29 is 0 Å². The van der Waals surface area contributed by atoms with Crippen LogP contribution in [0, 0.1) is 0 Å². The summed E-state index contributed by atoms with van der Waals surface area (Å²) in [6.45, 7) is 2.43. The van der Waals surface area contributed by atoms with Gasteiger partial charge in [-0.25, -0.2) is 9.97 Å². The highest BCUT2D eigenvalue weighted by atomic mass is 35.5. The second kappa shape index (κ2) is 8.28. The number of anilines is 1. The van der Waals surface area contributed by atoms with Gasteiger partial charge in [0.1, 0.15) is 10.8 Å². The fourth-order valence-corrected chi connectivity index (χ4v) is 4.13. The maximum absolute atomic E-state index is 5.99. The number of rotatable bonds is 4. The molecule has 0 aliphatic carbocycles. The number of aromatic nitrogens is 2. The molecule has 1 aromatic heterocycles. The summed E-state index contributed by atoms with van der Waals surface area (Å²) in [7, 11) is 0. The standard InChI is InChI=1S/C22H21Cl2N3/c23-20-15-25-22(24)19(26-20)10-4-2-1-3-7-16-13-17-8-5-11-27-12-6-9-18(14-16)21(17)27/h1-4,7,10,13-15H,5-6,8-9,11-12H2/b2-1+,7-3+,10-4+. The average Bonchev–Trinajstić information content (AvgIpc) is 2.67. The van der Waals surface area contributed by atoms with Crippen molar-refractivity contribution in [3.8, 4) is 0 Å². The summed E-state index contributed by atoms with van der Waals surface area (Å²) in [6.07, 6.45) is 18.2. The summed E-state index contributed by atoms with van der Waals surface area (Å²) in [6, 6.07) is 4.69. The zero-order chi connectivity index (χ0) is 18.6. The van der Waals surface area contributed by atoms with E-state index in [1.165, 1.54) is 67.3 Å². The lowest BCUT2D eigenvalue weighted by Gasteiger charge is -2.37. The minimum absolute atomic E-state index is 0.331. The second-order valence-electron chi connectivity index (χ2n) is 6.85. The van der Waals surface area contributed by atoms with Crippen LogP contribution in [0.5, 0.6) is 0 Å². The van der Waals surface area contributed by atoms with Crippen LogP contribution in [0.3, 0.4) is 0 Å². The Bertz CT molecular complexity index is 900. The first kappa shape index (κ1) is 18.3. The van der Waals surface area contributed by atoms with Crippen molar-refractivity contribution in [2.75, 3.05) is 18.0 Å². The Labute approximate surface area is 170 Å². The second-order valence-corrected chi connectivity index (χ2v) is 7.60. The minimum atomic E-state index is 0.331. The van der Waals surface area contributed by atoms with Gasteiger partial charge in [0.05, 0.1) is 6.20 Å². The van der Waals surface area contributed by atoms with Gasteiger partial charge in [-0.1, -0.05) is 53.6 Å². The van der Waals surface area contributed by atoms with Gasteiger partial charge in [-0.15, -0.1) is 0 Å². The number of hydrogen-bond acceptors (Lipinski definition) is 3. The number of allylic oxidation sites excluding steroid dienone is 4. The van der Waals surface area contributed by atoms with E-state index in [1.54, 1.807) is 6.08 Å². The summed E-state index contributed by atoms with van der Waals surface area (Å²) in [5.74, 6) is 0. The molecule has 138 valence electrons. The van der Waals surface area contributed by atoms with E-state index in [-0.39, 0.29) is 0 Å². The maximum Gasteiger partial charge on any atom is 0.154 e. The van der Waals surface area contributed by atoms with E-state index in [9.17, 15) is 0 Å². The smallest absolute Gasteiger partial charge is 0.154 e. The zero-order valence-corrected chi connectivity index (χ0v) is 16.5. The molecule has 0 fully saturated rings. The van der Waals surface area contributed by atoms with Crippen LogP contribution in [0.25, 0.3) is 12.2 Å². The van der Waals surface area contributed by atoms with Gasteiger partial charge in [0.25, 0.3) is 0 Å². The highest BCUT2D eigenvalue weighted by Gasteiger charge is 2.23. The zero-order valence-electron chi connectivity index (χ0n) is 15.0. The average molecular weight is 398 g/mol. The van der Waals surface area contributed by atoms with Crippen molar-refractivity contribution in [3.63, 3.8) is 0 Å². The molecule has 0 radical (unpaired) electrons. The van der Waals surface area contributed by atoms with Gasteiger partial charge >= 0.3 is 0 Å². The molecule has 0 unspecified atom stereocenters. The first-order chi connectivity index (χ1) is 13.2. The van der Waals surface area contributed by atoms with Crippen LogP contribution in [0.15, 0.2) is 42.6 Å². The molecule has 0 atom stereocenters. The Morgan fingerprint density at radius 1 is 0.889 bits per heavy atom. The van der Waals surface area contributed by atoms with Crippen molar-refractivity contribution in [3.05, 3.63) is 75.3 Å². The predicted octanol–water partition coefficient (Wildman–Crippen LogP) is 5.77. The SMILES string of the molecule is Clc1cnc(Cl)c(/C=C/C=C/C=C/c2cc3c4c(c2)CCCN4CCC3)n1. The quantitative estimate of drug-likeness (QED) is 0.613. The molecule has 5 heteroatoms. The lowest BCUT2D eigenvalue weighted by Crippen LogP contribution is -2.34. The van der Waals surface area contributed by atoms with E-state index < -0.39 is 0 Å². The molecular weight excluding hydrogens is 377 g/mol. The lowest BCUT2D eigenvalue weighted by molar-refractivity contribution is 0.634. The van der Waals surface area contributed by atoms with Gasteiger partial charge in [0, 0.05) is 18.8 Å².